The maximum absolute atomic E-state index is 13.7. The summed E-state index contributed by atoms with van der Waals surface area (Å²) >= 11 is 0. The standard InChI is InChI=1S/C22H26FNO3/c1-16-7-8-19(13-17(16)2)27-15-22(26)9-11-24(12-10-22)21(25)14-18-5-3-4-6-20(18)23/h3-8,13,26H,9-12,14-15H2,1-2H3. The van der Waals surface area contributed by atoms with Crippen molar-refractivity contribution in [2.24, 2.45) is 0 Å². The Kier molecular flexibility index (Phi) is 5.80. The second kappa shape index (κ2) is 8.09. The van der Waals surface area contributed by atoms with Gasteiger partial charge in [-0.2, -0.15) is 0 Å². The van der Waals surface area contributed by atoms with Gasteiger partial charge in [0.15, 0.2) is 0 Å². The molecule has 0 bridgehead atoms. The fraction of sp³-hybridized carbons (Fsp3) is 0.409. The van der Waals surface area contributed by atoms with Gasteiger partial charge in [0.25, 0.3) is 0 Å². The molecule has 1 aliphatic rings. The molecule has 1 amide bonds. The highest BCUT2D eigenvalue weighted by atomic mass is 19.1. The summed E-state index contributed by atoms with van der Waals surface area (Å²) in [5.74, 6) is 0.267. The van der Waals surface area contributed by atoms with Crippen LogP contribution >= 0.6 is 0 Å². The normalized spacial score (nSPS) is 16.2. The summed E-state index contributed by atoms with van der Waals surface area (Å²) in [6, 6.07) is 12.2. The molecule has 1 fully saturated rings. The first-order valence-electron chi connectivity index (χ1n) is 9.30. The Morgan fingerprint density at radius 2 is 1.85 bits per heavy atom. The molecular formula is C22H26FNO3. The molecule has 5 heteroatoms. The first-order chi connectivity index (χ1) is 12.9. The smallest absolute Gasteiger partial charge is 0.227 e. The largest absolute Gasteiger partial charge is 0.491 e. The molecule has 0 spiro atoms. The SMILES string of the molecule is Cc1ccc(OCC2(O)CCN(C(=O)Cc3ccccc3F)CC2)cc1C. The fourth-order valence-electron chi connectivity index (χ4n) is 3.25. The van der Waals surface area contributed by atoms with E-state index in [0.717, 1.165) is 11.3 Å². The average Bonchev–Trinajstić information content (AvgIpc) is 2.65. The number of hydrogen-bond donors (Lipinski definition) is 1. The van der Waals surface area contributed by atoms with E-state index in [4.69, 9.17) is 4.74 Å². The molecule has 0 unspecified atom stereocenters. The first kappa shape index (κ1) is 19.4. The van der Waals surface area contributed by atoms with Crippen LogP contribution in [0.3, 0.4) is 0 Å². The molecule has 1 aliphatic heterocycles. The summed E-state index contributed by atoms with van der Waals surface area (Å²) in [6.45, 7) is 5.16. The van der Waals surface area contributed by atoms with Crippen molar-refractivity contribution in [3.05, 3.63) is 65.0 Å². The van der Waals surface area contributed by atoms with Gasteiger partial charge in [-0.15, -0.1) is 0 Å². The summed E-state index contributed by atoms with van der Waals surface area (Å²) in [6.07, 6.45) is 0.936. The lowest BCUT2D eigenvalue weighted by molar-refractivity contribution is -0.135. The highest BCUT2D eigenvalue weighted by molar-refractivity contribution is 5.79. The predicted octanol–water partition coefficient (Wildman–Crippen LogP) is 3.42. The van der Waals surface area contributed by atoms with Crippen LogP contribution in [0.25, 0.3) is 0 Å². The Hall–Kier alpha value is -2.40. The van der Waals surface area contributed by atoms with E-state index in [1.807, 2.05) is 32.0 Å². The minimum atomic E-state index is -0.951. The minimum absolute atomic E-state index is 0.0459. The molecule has 1 N–H and O–H groups in total. The monoisotopic (exact) mass is 371 g/mol. The van der Waals surface area contributed by atoms with Crippen LogP contribution in [-0.4, -0.2) is 41.2 Å². The number of nitrogens with zero attached hydrogens (tertiary/aromatic N) is 1. The van der Waals surface area contributed by atoms with Gasteiger partial charge in [-0.1, -0.05) is 24.3 Å². The van der Waals surface area contributed by atoms with E-state index < -0.39 is 5.60 Å². The number of benzene rings is 2. The molecule has 27 heavy (non-hydrogen) atoms. The van der Waals surface area contributed by atoms with Gasteiger partial charge in [0.05, 0.1) is 6.42 Å². The molecule has 4 nitrogen and oxygen atoms in total. The highest BCUT2D eigenvalue weighted by Gasteiger charge is 2.34. The molecule has 0 aromatic heterocycles. The van der Waals surface area contributed by atoms with Crippen LogP contribution in [0.4, 0.5) is 4.39 Å². The molecule has 0 aliphatic carbocycles. The number of hydrogen-bond acceptors (Lipinski definition) is 3. The van der Waals surface area contributed by atoms with Crippen molar-refractivity contribution in [1.29, 1.82) is 0 Å². The lowest BCUT2D eigenvalue weighted by Crippen LogP contribution is -2.49. The van der Waals surface area contributed by atoms with Crippen molar-refractivity contribution in [2.75, 3.05) is 19.7 Å². The van der Waals surface area contributed by atoms with Crippen LogP contribution in [-0.2, 0) is 11.2 Å². The number of carbonyl (C=O) groups is 1. The maximum Gasteiger partial charge on any atom is 0.227 e. The van der Waals surface area contributed by atoms with Crippen LogP contribution in [0.1, 0.15) is 29.5 Å². The van der Waals surface area contributed by atoms with E-state index in [1.165, 1.54) is 11.6 Å². The predicted molar refractivity (Wildman–Crippen MR) is 102 cm³/mol. The van der Waals surface area contributed by atoms with Gasteiger partial charge in [0.1, 0.15) is 23.8 Å². The van der Waals surface area contributed by atoms with Crippen molar-refractivity contribution in [3.63, 3.8) is 0 Å². The first-order valence-corrected chi connectivity index (χ1v) is 9.30. The Morgan fingerprint density at radius 1 is 1.15 bits per heavy atom. The summed E-state index contributed by atoms with van der Waals surface area (Å²) in [5, 5.41) is 10.8. The summed E-state index contributed by atoms with van der Waals surface area (Å²) in [4.78, 5) is 14.1. The molecule has 1 heterocycles. The zero-order chi connectivity index (χ0) is 19.4. The Balaban J connectivity index is 1.51. The molecule has 0 radical (unpaired) electrons. The lowest BCUT2D eigenvalue weighted by atomic mass is 9.92. The number of halogens is 1. The van der Waals surface area contributed by atoms with Gasteiger partial charge in [0, 0.05) is 13.1 Å². The van der Waals surface area contributed by atoms with Gasteiger partial charge in [0.2, 0.25) is 5.91 Å². The molecular weight excluding hydrogens is 345 g/mol. The van der Waals surface area contributed by atoms with E-state index in [9.17, 15) is 14.3 Å². The third kappa shape index (κ3) is 4.86. The lowest BCUT2D eigenvalue weighted by Gasteiger charge is -2.38. The zero-order valence-corrected chi connectivity index (χ0v) is 15.9. The molecule has 1 saturated heterocycles. The molecule has 3 rings (SSSR count). The Bertz CT molecular complexity index is 813. The van der Waals surface area contributed by atoms with Crippen LogP contribution in [0, 0.1) is 19.7 Å². The number of rotatable bonds is 5. The van der Waals surface area contributed by atoms with Crippen LogP contribution in [0.15, 0.2) is 42.5 Å². The minimum Gasteiger partial charge on any atom is -0.491 e. The average molecular weight is 371 g/mol. The van der Waals surface area contributed by atoms with E-state index in [-0.39, 0.29) is 24.8 Å². The van der Waals surface area contributed by atoms with Crippen molar-refractivity contribution in [2.45, 2.75) is 38.7 Å². The van der Waals surface area contributed by atoms with Crippen LogP contribution in [0.2, 0.25) is 0 Å². The fourth-order valence-corrected chi connectivity index (χ4v) is 3.25. The van der Waals surface area contributed by atoms with Crippen molar-refractivity contribution in [1.82, 2.24) is 4.90 Å². The van der Waals surface area contributed by atoms with Gasteiger partial charge < -0.3 is 14.7 Å². The second-order valence-corrected chi connectivity index (χ2v) is 7.41. The highest BCUT2D eigenvalue weighted by Crippen LogP contribution is 2.25. The van der Waals surface area contributed by atoms with Gasteiger partial charge in [-0.05, 0) is 61.6 Å². The third-order valence-corrected chi connectivity index (χ3v) is 5.33. The van der Waals surface area contributed by atoms with E-state index in [0.29, 0.717) is 31.5 Å². The van der Waals surface area contributed by atoms with E-state index >= 15 is 0 Å². The van der Waals surface area contributed by atoms with Crippen LogP contribution in [0.5, 0.6) is 5.75 Å². The number of aliphatic hydroxyl groups is 1. The van der Waals surface area contributed by atoms with Crippen LogP contribution < -0.4 is 4.74 Å². The molecule has 2 aromatic carbocycles. The molecule has 2 aromatic rings. The van der Waals surface area contributed by atoms with Crippen molar-refractivity contribution >= 4 is 5.91 Å². The van der Waals surface area contributed by atoms with Gasteiger partial charge in [-0.25, -0.2) is 4.39 Å². The topological polar surface area (TPSA) is 49.8 Å². The quantitative estimate of drug-likeness (QED) is 0.876. The number of likely N-dealkylation sites (tertiary alicyclic amines) is 1. The number of aryl methyl sites for hydroxylation is 2. The van der Waals surface area contributed by atoms with E-state index in [2.05, 4.69) is 0 Å². The number of carbonyl (C=O) groups excluding carboxylic acids is 1. The van der Waals surface area contributed by atoms with Crippen molar-refractivity contribution in [3.8, 4) is 5.75 Å². The molecule has 0 saturated carbocycles. The summed E-state index contributed by atoms with van der Waals surface area (Å²) in [5.41, 5.74) is 1.80. The second-order valence-electron chi connectivity index (χ2n) is 7.41. The van der Waals surface area contributed by atoms with Gasteiger partial charge in [-0.3, -0.25) is 4.79 Å². The summed E-state index contributed by atoms with van der Waals surface area (Å²) < 4.78 is 19.5. The van der Waals surface area contributed by atoms with E-state index in [1.54, 1.807) is 23.1 Å². The number of ether oxygens (including phenoxy) is 1. The zero-order valence-electron chi connectivity index (χ0n) is 15.9. The van der Waals surface area contributed by atoms with Crippen molar-refractivity contribution < 1.29 is 19.0 Å². The maximum atomic E-state index is 13.7. The molecule has 144 valence electrons. The van der Waals surface area contributed by atoms with Gasteiger partial charge >= 0.3 is 0 Å². The molecule has 0 atom stereocenters. The Morgan fingerprint density at radius 3 is 2.52 bits per heavy atom. The third-order valence-electron chi connectivity index (χ3n) is 5.33. The number of piperidine rings is 1. The number of amides is 1. The Labute approximate surface area is 159 Å². The summed E-state index contributed by atoms with van der Waals surface area (Å²) in [7, 11) is 0.